The molecule has 3 saturated carbocycles. The third-order valence-electron chi connectivity index (χ3n) is 6.90. The third-order valence-corrected chi connectivity index (χ3v) is 6.90. The van der Waals surface area contributed by atoms with E-state index in [4.69, 9.17) is 0 Å². The summed E-state index contributed by atoms with van der Waals surface area (Å²) in [6.07, 6.45) is 3.98. The highest BCUT2D eigenvalue weighted by Crippen LogP contribution is 2.73. The molecule has 2 bridgehead atoms. The fraction of sp³-hybridized carbons (Fsp3) is 1.00. The Morgan fingerprint density at radius 2 is 1.65 bits per heavy atom. The molecule has 0 aliphatic heterocycles. The van der Waals surface area contributed by atoms with E-state index in [-0.39, 0.29) is 11.3 Å². The van der Waals surface area contributed by atoms with E-state index in [1.165, 1.54) is 12.8 Å². The zero-order valence-electron chi connectivity index (χ0n) is 11.5. The summed E-state index contributed by atoms with van der Waals surface area (Å²) in [5.41, 5.74) is -0.402. The molecule has 0 aromatic heterocycles. The second-order valence-corrected chi connectivity index (χ2v) is 7.79. The maximum atomic E-state index is 10.7. The Morgan fingerprint density at radius 3 is 2.29 bits per heavy atom. The highest BCUT2D eigenvalue weighted by atomic mass is 16.3. The van der Waals surface area contributed by atoms with Crippen molar-refractivity contribution in [2.75, 3.05) is 0 Å². The van der Waals surface area contributed by atoms with E-state index in [9.17, 15) is 10.2 Å². The number of hydrogen-bond donors (Lipinski definition) is 2. The van der Waals surface area contributed by atoms with Crippen LogP contribution in [0.2, 0.25) is 0 Å². The summed E-state index contributed by atoms with van der Waals surface area (Å²) in [5.74, 6) is 1.66. The topological polar surface area (TPSA) is 40.5 Å². The standard InChI is InChI=1S/C15H26O2/c1-9-5-6-10-13(2,3)11-7-15(9,10)8-12(16)14(11,4)17/h9-12,16-17H,5-8H2,1-4H3/t9-,10?,11-,12+,14-,15-/m1/s1. The maximum Gasteiger partial charge on any atom is 0.0911 e. The van der Waals surface area contributed by atoms with Crippen LogP contribution in [0.3, 0.4) is 0 Å². The van der Waals surface area contributed by atoms with Crippen LogP contribution < -0.4 is 0 Å². The van der Waals surface area contributed by atoms with E-state index in [0.717, 1.165) is 12.8 Å². The number of rotatable bonds is 0. The molecule has 0 saturated heterocycles. The van der Waals surface area contributed by atoms with E-state index in [1.807, 2.05) is 6.92 Å². The molecule has 0 aromatic carbocycles. The maximum absolute atomic E-state index is 10.7. The monoisotopic (exact) mass is 238 g/mol. The van der Waals surface area contributed by atoms with Crippen molar-refractivity contribution in [3.05, 3.63) is 0 Å². The fourth-order valence-corrected chi connectivity index (χ4v) is 5.86. The number of hydrogen-bond acceptors (Lipinski definition) is 2. The highest BCUT2D eigenvalue weighted by molar-refractivity contribution is 5.19. The van der Waals surface area contributed by atoms with Gasteiger partial charge in [0, 0.05) is 0 Å². The first-order valence-corrected chi connectivity index (χ1v) is 7.13. The molecule has 6 atom stereocenters. The molecule has 17 heavy (non-hydrogen) atoms. The Labute approximate surface area is 104 Å². The molecule has 3 aliphatic carbocycles. The number of fused-ring (bicyclic) bond motifs is 1. The van der Waals surface area contributed by atoms with Crippen molar-refractivity contribution in [3.63, 3.8) is 0 Å². The lowest BCUT2D eigenvalue weighted by Crippen LogP contribution is -2.53. The summed E-state index contributed by atoms with van der Waals surface area (Å²) >= 11 is 0. The van der Waals surface area contributed by atoms with E-state index >= 15 is 0 Å². The smallest absolute Gasteiger partial charge is 0.0911 e. The lowest BCUT2D eigenvalue weighted by Gasteiger charge is -2.47. The molecule has 3 rings (SSSR count). The van der Waals surface area contributed by atoms with Gasteiger partial charge in [-0.3, -0.25) is 0 Å². The van der Waals surface area contributed by atoms with Crippen molar-refractivity contribution in [1.82, 2.24) is 0 Å². The largest absolute Gasteiger partial charge is 0.390 e. The Hall–Kier alpha value is -0.0800. The minimum Gasteiger partial charge on any atom is -0.390 e. The quantitative estimate of drug-likeness (QED) is 0.681. The van der Waals surface area contributed by atoms with Gasteiger partial charge >= 0.3 is 0 Å². The van der Waals surface area contributed by atoms with Gasteiger partial charge in [-0.15, -0.1) is 0 Å². The SMILES string of the molecule is C[C@@H]1CCC2C(C)(C)[C@H]3C[C@]21C[C@H](O)[C@]3(C)O. The Morgan fingerprint density at radius 1 is 1.00 bits per heavy atom. The second-order valence-electron chi connectivity index (χ2n) is 7.79. The van der Waals surface area contributed by atoms with Gasteiger partial charge in [0.1, 0.15) is 0 Å². The predicted molar refractivity (Wildman–Crippen MR) is 67.5 cm³/mol. The van der Waals surface area contributed by atoms with Crippen LogP contribution in [0.5, 0.6) is 0 Å². The van der Waals surface area contributed by atoms with Crippen LogP contribution in [0.4, 0.5) is 0 Å². The summed E-state index contributed by atoms with van der Waals surface area (Å²) in [6, 6.07) is 0. The van der Waals surface area contributed by atoms with Crippen LogP contribution in [-0.4, -0.2) is 21.9 Å². The Bertz CT molecular complexity index is 347. The number of aliphatic hydroxyl groups is 2. The van der Waals surface area contributed by atoms with Gasteiger partial charge < -0.3 is 10.2 Å². The third kappa shape index (κ3) is 1.19. The van der Waals surface area contributed by atoms with E-state index in [1.54, 1.807) is 0 Å². The summed E-state index contributed by atoms with van der Waals surface area (Å²) in [7, 11) is 0. The van der Waals surface area contributed by atoms with Crippen molar-refractivity contribution in [3.8, 4) is 0 Å². The normalized spacial score (nSPS) is 60.4. The molecular formula is C15H26O2. The average molecular weight is 238 g/mol. The van der Waals surface area contributed by atoms with Crippen LogP contribution in [0.15, 0.2) is 0 Å². The molecule has 0 heterocycles. The van der Waals surface area contributed by atoms with E-state index in [2.05, 4.69) is 20.8 Å². The van der Waals surface area contributed by atoms with Crippen molar-refractivity contribution in [2.45, 2.75) is 65.1 Å². The van der Waals surface area contributed by atoms with Gasteiger partial charge in [0.25, 0.3) is 0 Å². The summed E-state index contributed by atoms with van der Waals surface area (Å²) in [5, 5.41) is 21.0. The lowest BCUT2D eigenvalue weighted by molar-refractivity contribution is -0.153. The van der Waals surface area contributed by atoms with Gasteiger partial charge in [0.15, 0.2) is 0 Å². The number of aliphatic hydroxyl groups excluding tert-OH is 1. The minimum absolute atomic E-state index is 0.172. The molecule has 2 nitrogen and oxygen atoms in total. The lowest BCUT2D eigenvalue weighted by atomic mass is 9.63. The molecule has 3 fully saturated rings. The zero-order chi connectivity index (χ0) is 12.6. The first-order valence-electron chi connectivity index (χ1n) is 7.13. The van der Waals surface area contributed by atoms with Crippen LogP contribution in [0.1, 0.15) is 53.4 Å². The molecule has 1 unspecified atom stereocenters. The molecule has 0 radical (unpaired) electrons. The van der Waals surface area contributed by atoms with Gasteiger partial charge in [0.2, 0.25) is 0 Å². The molecule has 2 N–H and O–H groups in total. The second kappa shape index (κ2) is 3.08. The van der Waals surface area contributed by atoms with Crippen molar-refractivity contribution < 1.29 is 10.2 Å². The van der Waals surface area contributed by atoms with Crippen molar-refractivity contribution in [2.24, 2.45) is 28.6 Å². The van der Waals surface area contributed by atoms with Crippen LogP contribution in [0.25, 0.3) is 0 Å². The molecular weight excluding hydrogens is 212 g/mol. The zero-order valence-corrected chi connectivity index (χ0v) is 11.5. The Balaban J connectivity index is 2.10. The average Bonchev–Trinajstić information content (AvgIpc) is 2.61. The minimum atomic E-state index is -0.890. The first kappa shape index (κ1) is 12.0. The van der Waals surface area contributed by atoms with Gasteiger partial charge in [-0.05, 0) is 61.2 Å². The highest BCUT2D eigenvalue weighted by Gasteiger charge is 2.70. The molecule has 2 heteroatoms. The van der Waals surface area contributed by atoms with Crippen molar-refractivity contribution >= 4 is 0 Å². The first-order chi connectivity index (χ1) is 7.73. The van der Waals surface area contributed by atoms with Crippen LogP contribution in [0, 0.1) is 28.6 Å². The molecule has 98 valence electrons. The molecule has 0 amide bonds. The van der Waals surface area contributed by atoms with Gasteiger partial charge in [-0.1, -0.05) is 20.8 Å². The molecule has 1 spiro atoms. The fourth-order valence-electron chi connectivity index (χ4n) is 5.86. The van der Waals surface area contributed by atoms with Crippen LogP contribution >= 0.6 is 0 Å². The summed E-state index contributed by atoms with van der Waals surface area (Å²) in [4.78, 5) is 0. The van der Waals surface area contributed by atoms with Gasteiger partial charge in [-0.2, -0.15) is 0 Å². The Kier molecular flexibility index (Phi) is 2.17. The van der Waals surface area contributed by atoms with E-state index < -0.39 is 11.7 Å². The summed E-state index contributed by atoms with van der Waals surface area (Å²) in [6.45, 7) is 8.83. The van der Waals surface area contributed by atoms with Crippen LogP contribution in [-0.2, 0) is 0 Å². The predicted octanol–water partition coefficient (Wildman–Crippen LogP) is 2.58. The van der Waals surface area contributed by atoms with Gasteiger partial charge in [-0.25, -0.2) is 0 Å². The van der Waals surface area contributed by atoms with Gasteiger partial charge in [0.05, 0.1) is 11.7 Å². The van der Waals surface area contributed by atoms with E-state index in [0.29, 0.717) is 17.3 Å². The summed E-state index contributed by atoms with van der Waals surface area (Å²) < 4.78 is 0. The molecule has 3 aliphatic rings. The molecule has 0 aromatic rings. The van der Waals surface area contributed by atoms with Crippen molar-refractivity contribution in [1.29, 1.82) is 0 Å².